The number of pyridine rings is 1. The molecule has 0 spiro atoms. The van der Waals surface area contributed by atoms with Gasteiger partial charge in [0.25, 0.3) is 0 Å². The summed E-state index contributed by atoms with van der Waals surface area (Å²) in [5, 5.41) is 6.68. The van der Waals surface area contributed by atoms with Crippen LogP contribution in [0, 0.1) is 5.82 Å². The van der Waals surface area contributed by atoms with E-state index >= 15 is 0 Å². The van der Waals surface area contributed by atoms with Crippen molar-refractivity contribution in [3.8, 4) is 0 Å². The largest absolute Gasteiger partial charge is 0.369 e. The molecule has 0 bridgehead atoms. The van der Waals surface area contributed by atoms with Crippen molar-refractivity contribution < 1.29 is 4.39 Å². The van der Waals surface area contributed by atoms with Crippen LogP contribution >= 0.6 is 24.0 Å². The summed E-state index contributed by atoms with van der Waals surface area (Å²) in [6, 6.07) is 12.6. The summed E-state index contributed by atoms with van der Waals surface area (Å²) < 4.78 is 13.1. The Kier molecular flexibility index (Phi) is 10.1. The molecule has 2 N–H and O–H groups in total. The summed E-state index contributed by atoms with van der Waals surface area (Å²) in [4.78, 5) is 13.7. The van der Waals surface area contributed by atoms with Crippen LogP contribution in [0.25, 0.3) is 0 Å². The number of aromatic nitrogens is 1. The van der Waals surface area contributed by atoms with Crippen LogP contribution in [0.2, 0.25) is 0 Å². The zero-order valence-corrected chi connectivity index (χ0v) is 19.2. The van der Waals surface area contributed by atoms with Gasteiger partial charge in [-0.1, -0.05) is 6.07 Å². The Morgan fingerprint density at radius 3 is 2.48 bits per heavy atom. The average molecular weight is 512 g/mol. The number of hydrogen-bond donors (Lipinski definition) is 2. The summed E-state index contributed by atoms with van der Waals surface area (Å²) in [5.74, 6) is 0.632. The van der Waals surface area contributed by atoms with E-state index in [1.807, 2.05) is 30.3 Å². The first-order valence-electron chi connectivity index (χ1n) is 9.89. The third-order valence-corrected chi connectivity index (χ3v) is 4.75. The van der Waals surface area contributed by atoms with Crippen molar-refractivity contribution in [3.63, 3.8) is 0 Å². The SMILES string of the molecule is CCNC(=NCc1ccccn1)NCCN1CCN(c2ccc(F)cc2)CC1.I. The Labute approximate surface area is 189 Å². The fourth-order valence-corrected chi connectivity index (χ4v) is 3.21. The molecular weight excluding hydrogens is 482 g/mol. The zero-order chi connectivity index (χ0) is 19.6. The van der Waals surface area contributed by atoms with Gasteiger partial charge >= 0.3 is 0 Å². The van der Waals surface area contributed by atoms with Gasteiger partial charge in [-0.05, 0) is 43.3 Å². The van der Waals surface area contributed by atoms with Crippen molar-refractivity contribution >= 4 is 35.6 Å². The second-order valence-corrected chi connectivity index (χ2v) is 6.75. The van der Waals surface area contributed by atoms with Crippen LogP contribution in [0.4, 0.5) is 10.1 Å². The highest BCUT2D eigenvalue weighted by molar-refractivity contribution is 14.0. The van der Waals surface area contributed by atoms with Gasteiger partial charge in [0.1, 0.15) is 5.82 Å². The van der Waals surface area contributed by atoms with E-state index in [0.717, 1.165) is 63.2 Å². The smallest absolute Gasteiger partial charge is 0.191 e. The highest BCUT2D eigenvalue weighted by atomic mass is 127. The Hall–Kier alpha value is -1.94. The Morgan fingerprint density at radius 1 is 1.07 bits per heavy atom. The van der Waals surface area contributed by atoms with E-state index in [4.69, 9.17) is 0 Å². The molecule has 1 saturated heterocycles. The van der Waals surface area contributed by atoms with Gasteiger partial charge in [0.05, 0.1) is 12.2 Å². The maximum atomic E-state index is 13.1. The highest BCUT2D eigenvalue weighted by Gasteiger charge is 2.16. The van der Waals surface area contributed by atoms with E-state index in [1.165, 1.54) is 12.1 Å². The van der Waals surface area contributed by atoms with Crippen molar-refractivity contribution in [1.82, 2.24) is 20.5 Å². The molecule has 0 unspecified atom stereocenters. The van der Waals surface area contributed by atoms with Gasteiger partial charge in [0.2, 0.25) is 0 Å². The molecule has 0 aliphatic carbocycles. The normalized spacial score (nSPS) is 15.0. The van der Waals surface area contributed by atoms with Crippen LogP contribution in [0.5, 0.6) is 0 Å². The van der Waals surface area contributed by atoms with Crippen molar-refractivity contribution in [2.45, 2.75) is 13.5 Å². The number of nitrogens with one attached hydrogen (secondary N) is 2. The number of hydrogen-bond acceptors (Lipinski definition) is 4. The number of aliphatic imine (C=N–C) groups is 1. The Morgan fingerprint density at radius 2 is 1.83 bits per heavy atom. The van der Waals surface area contributed by atoms with Gasteiger partial charge in [-0.3, -0.25) is 9.88 Å². The highest BCUT2D eigenvalue weighted by Crippen LogP contribution is 2.16. The van der Waals surface area contributed by atoms with Crippen LogP contribution in [0.15, 0.2) is 53.7 Å². The number of rotatable bonds is 7. The van der Waals surface area contributed by atoms with Gasteiger partial charge in [-0.15, -0.1) is 24.0 Å². The molecule has 0 amide bonds. The molecule has 2 aromatic rings. The predicted molar refractivity (Wildman–Crippen MR) is 128 cm³/mol. The van der Waals surface area contributed by atoms with Crippen molar-refractivity contribution in [2.75, 3.05) is 50.7 Å². The molecule has 1 aliphatic heterocycles. The lowest BCUT2D eigenvalue weighted by Crippen LogP contribution is -2.49. The number of halogens is 2. The fourth-order valence-electron chi connectivity index (χ4n) is 3.21. The van der Waals surface area contributed by atoms with Crippen LogP contribution in [0.1, 0.15) is 12.6 Å². The predicted octanol–water partition coefficient (Wildman–Crippen LogP) is 2.72. The first-order chi connectivity index (χ1) is 13.7. The van der Waals surface area contributed by atoms with Gasteiger partial charge in [0, 0.05) is 57.7 Å². The molecule has 1 fully saturated rings. The molecular formula is C21H30FIN6. The number of benzene rings is 1. The minimum Gasteiger partial charge on any atom is -0.369 e. The maximum Gasteiger partial charge on any atom is 0.191 e. The van der Waals surface area contributed by atoms with Crippen LogP contribution < -0.4 is 15.5 Å². The summed E-state index contributed by atoms with van der Waals surface area (Å²) in [6.45, 7) is 9.17. The molecule has 3 rings (SSSR count). The molecule has 6 nitrogen and oxygen atoms in total. The first kappa shape index (κ1) is 23.3. The monoisotopic (exact) mass is 512 g/mol. The summed E-state index contributed by atoms with van der Waals surface area (Å²) in [5.41, 5.74) is 2.05. The third kappa shape index (κ3) is 7.77. The summed E-state index contributed by atoms with van der Waals surface area (Å²) in [7, 11) is 0. The average Bonchev–Trinajstić information content (AvgIpc) is 2.74. The number of anilines is 1. The van der Waals surface area contributed by atoms with Gasteiger partial charge in [-0.2, -0.15) is 0 Å². The van der Waals surface area contributed by atoms with E-state index in [9.17, 15) is 4.39 Å². The summed E-state index contributed by atoms with van der Waals surface area (Å²) in [6.07, 6.45) is 1.79. The lowest BCUT2D eigenvalue weighted by atomic mass is 10.2. The molecule has 8 heteroatoms. The molecule has 0 radical (unpaired) electrons. The number of piperazine rings is 1. The molecule has 1 aromatic heterocycles. The number of nitrogens with zero attached hydrogens (tertiary/aromatic N) is 4. The quantitative estimate of drug-likeness (QED) is 0.340. The first-order valence-corrected chi connectivity index (χ1v) is 9.89. The zero-order valence-electron chi connectivity index (χ0n) is 16.9. The third-order valence-electron chi connectivity index (χ3n) is 4.75. The minimum absolute atomic E-state index is 0. The Bertz CT molecular complexity index is 733. The standard InChI is InChI=1S/C21H29FN6.HI/c1-2-23-21(26-17-19-5-3-4-10-24-19)25-11-12-27-13-15-28(16-14-27)20-8-6-18(22)7-9-20;/h3-10H,2,11-17H2,1H3,(H2,23,25,26);1H. The Balaban J connectivity index is 0.00000300. The van der Waals surface area contributed by atoms with Gasteiger partial charge < -0.3 is 15.5 Å². The van der Waals surface area contributed by atoms with E-state index in [1.54, 1.807) is 6.20 Å². The summed E-state index contributed by atoms with van der Waals surface area (Å²) >= 11 is 0. The molecule has 0 saturated carbocycles. The topological polar surface area (TPSA) is 55.8 Å². The van der Waals surface area contributed by atoms with Crippen LogP contribution in [-0.4, -0.2) is 61.7 Å². The number of guanidine groups is 1. The fraction of sp³-hybridized carbons (Fsp3) is 0.429. The van der Waals surface area contributed by atoms with E-state index in [2.05, 4.69) is 37.3 Å². The molecule has 29 heavy (non-hydrogen) atoms. The van der Waals surface area contributed by atoms with E-state index in [0.29, 0.717) is 6.54 Å². The maximum absolute atomic E-state index is 13.1. The molecule has 1 aliphatic rings. The molecule has 1 aromatic carbocycles. The van der Waals surface area contributed by atoms with Crippen molar-refractivity contribution in [1.29, 1.82) is 0 Å². The van der Waals surface area contributed by atoms with Gasteiger partial charge in [-0.25, -0.2) is 9.38 Å². The van der Waals surface area contributed by atoms with Crippen LogP contribution in [0.3, 0.4) is 0 Å². The van der Waals surface area contributed by atoms with Crippen molar-refractivity contribution in [2.24, 2.45) is 4.99 Å². The lowest BCUT2D eigenvalue weighted by molar-refractivity contribution is 0.261. The van der Waals surface area contributed by atoms with Crippen LogP contribution in [-0.2, 0) is 6.54 Å². The molecule has 2 heterocycles. The molecule has 0 atom stereocenters. The lowest BCUT2D eigenvalue weighted by Gasteiger charge is -2.36. The van der Waals surface area contributed by atoms with Crippen molar-refractivity contribution in [3.05, 3.63) is 60.2 Å². The second-order valence-electron chi connectivity index (χ2n) is 6.75. The minimum atomic E-state index is -0.185. The second kappa shape index (κ2) is 12.6. The van der Waals surface area contributed by atoms with E-state index in [-0.39, 0.29) is 29.8 Å². The molecule has 158 valence electrons. The van der Waals surface area contributed by atoms with E-state index < -0.39 is 0 Å². The van der Waals surface area contributed by atoms with Gasteiger partial charge in [0.15, 0.2) is 5.96 Å².